The Balaban J connectivity index is 3.42. The smallest absolute Gasteiger partial charge is 0.305 e. The molecule has 3 N–H and O–H groups in total. The van der Waals surface area contributed by atoms with E-state index >= 15 is 0 Å². The highest BCUT2D eigenvalue weighted by Crippen LogP contribution is 2.15. The monoisotopic (exact) mass is 898 g/mol. The molecule has 0 heterocycles. The van der Waals surface area contributed by atoms with Gasteiger partial charge in [0.25, 0.3) is 0 Å². The van der Waals surface area contributed by atoms with E-state index in [1.54, 1.807) is 6.08 Å². The largest absolute Gasteiger partial charge is 0.466 e. The minimum absolute atomic E-state index is 0.00151. The van der Waals surface area contributed by atoms with Crippen molar-refractivity contribution in [1.29, 1.82) is 0 Å². The second-order valence-corrected chi connectivity index (χ2v) is 18.9. The molecule has 2 unspecified atom stereocenters. The van der Waals surface area contributed by atoms with Gasteiger partial charge >= 0.3 is 5.97 Å². The van der Waals surface area contributed by atoms with Gasteiger partial charge in [-0.25, -0.2) is 0 Å². The predicted octanol–water partition coefficient (Wildman–Crippen LogP) is 17.0. The van der Waals surface area contributed by atoms with Crippen LogP contribution in [0.25, 0.3) is 0 Å². The van der Waals surface area contributed by atoms with Gasteiger partial charge in [-0.1, -0.05) is 229 Å². The van der Waals surface area contributed by atoms with E-state index in [1.807, 2.05) is 6.08 Å². The van der Waals surface area contributed by atoms with Gasteiger partial charge in [0, 0.05) is 12.8 Å². The van der Waals surface area contributed by atoms with Gasteiger partial charge in [-0.3, -0.25) is 9.59 Å². The Morgan fingerprint density at radius 1 is 0.438 bits per heavy atom. The SMILES string of the molecule is CCCCC/C=C\C/C=C\CCCCCCCCCCCC(=O)OCCCCCCCCCC/C=C\CCCCCCCCCC(=O)NC(CO)C(O)/C=C/CCCCCCCCC. The summed E-state index contributed by atoms with van der Waals surface area (Å²) in [5.41, 5.74) is 0. The summed E-state index contributed by atoms with van der Waals surface area (Å²) in [6.45, 7) is 4.83. The highest BCUT2D eigenvalue weighted by molar-refractivity contribution is 5.76. The highest BCUT2D eigenvalue weighted by atomic mass is 16.5. The number of carbonyl (C=O) groups is 2. The Labute approximate surface area is 397 Å². The number of aliphatic hydroxyl groups excluding tert-OH is 2. The summed E-state index contributed by atoms with van der Waals surface area (Å²) in [6, 6.07) is -0.633. The maximum absolute atomic E-state index is 12.4. The first kappa shape index (κ1) is 61.8. The fourth-order valence-electron chi connectivity index (χ4n) is 8.25. The molecule has 6 nitrogen and oxygen atoms in total. The molecule has 0 aromatic rings. The van der Waals surface area contributed by atoms with Crippen molar-refractivity contribution in [2.45, 2.75) is 296 Å². The van der Waals surface area contributed by atoms with Crippen LogP contribution < -0.4 is 5.32 Å². The van der Waals surface area contributed by atoms with Gasteiger partial charge in [-0.2, -0.15) is 0 Å². The van der Waals surface area contributed by atoms with Gasteiger partial charge < -0.3 is 20.3 Å². The molecule has 0 saturated carbocycles. The molecule has 6 heteroatoms. The zero-order valence-electron chi connectivity index (χ0n) is 42.5. The van der Waals surface area contributed by atoms with Gasteiger partial charge in [0.05, 0.1) is 25.4 Å². The summed E-state index contributed by atoms with van der Waals surface area (Å²) in [6.07, 6.45) is 67.1. The van der Waals surface area contributed by atoms with Gasteiger partial charge in [0.1, 0.15) is 0 Å². The average Bonchev–Trinajstić information content (AvgIpc) is 3.29. The van der Waals surface area contributed by atoms with Crippen molar-refractivity contribution in [3.8, 4) is 0 Å². The quantitative estimate of drug-likeness (QED) is 0.0321. The van der Waals surface area contributed by atoms with Crippen molar-refractivity contribution >= 4 is 11.9 Å². The summed E-state index contributed by atoms with van der Waals surface area (Å²) in [5, 5.41) is 22.9. The van der Waals surface area contributed by atoms with Gasteiger partial charge in [0.15, 0.2) is 0 Å². The van der Waals surface area contributed by atoms with E-state index in [9.17, 15) is 19.8 Å². The summed E-state index contributed by atoms with van der Waals surface area (Å²) >= 11 is 0. The minimum atomic E-state index is -0.849. The van der Waals surface area contributed by atoms with Gasteiger partial charge in [-0.05, 0) is 89.9 Å². The standard InChI is InChI=1S/C58H107NO5/c1-3-5-7-9-11-13-14-15-16-17-19-23-26-29-32-36-40-44-48-52-58(63)64-53-49-45-41-37-33-30-27-24-21-18-20-22-25-28-31-35-39-43-47-51-57(62)59-55(54-60)56(61)50-46-42-38-34-12-10-8-6-4-2/h11,13,15-16,18,20,46,50,55-56,60-61H,3-10,12,14,17,19,21-45,47-49,51-54H2,1-2H3,(H,59,62)/b13-11-,16-15-,20-18-,50-46+. The first-order valence-electron chi connectivity index (χ1n) is 27.9. The Morgan fingerprint density at radius 3 is 1.23 bits per heavy atom. The number of ether oxygens (including phenoxy) is 1. The predicted molar refractivity (Wildman–Crippen MR) is 278 cm³/mol. The van der Waals surface area contributed by atoms with Crippen molar-refractivity contribution in [2.75, 3.05) is 13.2 Å². The van der Waals surface area contributed by atoms with Crippen LogP contribution in [0.5, 0.6) is 0 Å². The number of amides is 1. The van der Waals surface area contributed by atoms with Crippen LogP contribution in [0.1, 0.15) is 284 Å². The van der Waals surface area contributed by atoms with Crippen molar-refractivity contribution in [3.05, 3.63) is 48.6 Å². The van der Waals surface area contributed by atoms with Crippen molar-refractivity contribution in [2.24, 2.45) is 0 Å². The van der Waals surface area contributed by atoms with Crippen LogP contribution in [0.15, 0.2) is 48.6 Å². The van der Waals surface area contributed by atoms with E-state index in [-0.39, 0.29) is 18.5 Å². The maximum atomic E-state index is 12.4. The number of hydrogen-bond acceptors (Lipinski definition) is 5. The molecule has 374 valence electrons. The van der Waals surface area contributed by atoms with E-state index in [4.69, 9.17) is 4.74 Å². The van der Waals surface area contributed by atoms with Gasteiger partial charge in [0.2, 0.25) is 5.91 Å². The Kier molecular flexibility index (Phi) is 51.6. The first-order valence-corrected chi connectivity index (χ1v) is 27.9. The van der Waals surface area contributed by atoms with Crippen LogP contribution in [0, 0.1) is 0 Å². The molecule has 0 spiro atoms. The Morgan fingerprint density at radius 2 is 0.781 bits per heavy atom. The molecular weight excluding hydrogens is 791 g/mol. The molecule has 0 aromatic heterocycles. The number of allylic oxidation sites excluding steroid dienone is 7. The lowest BCUT2D eigenvalue weighted by molar-refractivity contribution is -0.143. The lowest BCUT2D eigenvalue weighted by Crippen LogP contribution is -2.45. The van der Waals surface area contributed by atoms with Gasteiger partial charge in [-0.15, -0.1) is 0 Å². The highest BCUT2D eigenvalue weighted by Gasteiger charge is 2.18. The molecule has 0 fully saturated rings. The zero-order chi connectivity index (χ0) is 46.5. The van der Waals surface area contributed by atoms with Crippen LogP contribution in [0.2, 0.25) is 0 Å². The summed E-state index contributed by atoms with van der Waals surface area (Å²) in [5.74, 6) is -0.0829. The lowest BCUT2D eigenvalue weighted by Gasteiger charge is -2.20. The molecule has 1 amide bonds. The molecule has 0 radical (unpaired) electrons. The topological polar surface area (TPSA) is 95.9 Å². The first-order chi connectivity index (χ1) is 31.5. The molecule has 0 aliphatic rings. The number of nitrogens with one attached hydrogen (secondary N) is 1. The van der Waals surface area contributed by atoms with Crippen LogP contribution in [0.3, 0.4) is 0 Å². The third kappa shape index (κ3) is 49.3. The average molecular weight is 898 g/mol. The number of hydrogen-bond donors (Lipinski definition) is 3. The van der Waals surface area contributed by atoms with Crippen LogP contribution in [0.4, 0.5) is 0 Å². The summed E-state index contributed by atoms with van der Waals surface area (Å²) in [7, 11) is 0. The Hall–Kier alpha value is -2.18. The maximum Gasteiger partial charge on any atom is 0.305 e. The summed E-state index contributed by atoms with van der Waals surface area (Å²) < 4.78 is 5.48. The second-order valence-electron chi connectivity index (χ2n) is 18.9. The number of rotatable bonds is 51. The second kappa shape index (κ2) is 53.4. The van der Waals surface area contributed by atoms with Crippen molar-refractivity contribution < 1.29 is 24.5 Å². The molecule has 64 heavy (non-hydrogen) atoms. The molecule has 0 bridgehead atoms. The number of unbranched alkanes of at least 4 members (excludes halogenated alkanes) is 34. The molecule has 0 aromatic carbocycles. The Bertz CT molecular complexity index is 1080. The summed E-state index contributed by atoms with van der Waals surface area (Å²) in [4.78, 5) is 24.4. The van der Waals surface area contributed by atoms with Crippen molar-refractivity contribution in [3.63, 3.8) is 0 Å². The van der Waals surface area contributed by atoms with Crippen LogP contribution in [-0.2, 0) is 14.3 Å². The third-order valence-electron chi connectivity index (χ3n) is 12.6. The van der Waals surface area contributed by atoms with Crippen LogP contribution in [-0.4, -0.2) is 47.4 Å². The molecule has 2 atom stereocenters. The number of carbonyl (C=O) groups excluding carboxylic acids is 2. The van der Waals surface area contributed by atoms with E-state index in [2.05, 4.69) is 55.6 Å². The fourth-order valence-corrected chi connectivity index (χ4v) is 8.25. The molecule has 0 rings (SSSR count). The molecule has 0 aliphatic carbocycles. The van der Waals surface area contributed by atoms with E-state index in [0.29, 0.717) is 19.4 Å². The lowest BCUT2D eigenvalue weighted by atomic mass is 10.1. The van der Waals surface area contributed by atoms with E-state index < -0.39 is 12.1 Å². The normalized spacial score (nSPS) is 13.0. The zero-order valence-corrected chi connectivity index (χ0v) is 42.5. The molecule has 0 aliphatic heterocycles. The molecular formula is C58H107NO5. The fraction of sp³-hybridized carbons (Fsp3) is 0.828. The minimum Gasteiger partial charge on any atom is -0.466 e. The van der Waals surface area contributed by atoms with E-state index in [1.165, 1.54) is 199 Å². The third-order valence-corrected chi connectivity index (χ3v) is 12.6. The van der Waals surface area contributed by atoms with Crippen molar-refractivity contribution in [1.82, 2.24) is 5.32 Å². The number of aliphatic hydroxyl groups is 2. The van der Waals surface area contributed by atoms with Crippen LogP contribution >= 0.6 is 0 Å². The number of esters is 1. The van der Waals surface area contributed by atoms with E-state index in [0.717, 1.165) is 57.8 Å². The molecule has 0 saturated heterocycles.